The van der Waals surface area contributed by atoms with Crippen LogP contribution in [-0.4, -0.2) is 41.6 Å². The number of hydrogen-bond donors (Lipinski definition) is 2. The number of nitrogens with zero attached hydrogens (tertiary/aromatic N) is 1. The van der Waals surface area contributed by atoms with E-state index in [1.807, 2.05) is 4.90 Å². The highest BCUT2D eigenvalue weighted by atomic mass is 16.4. The number of amides is 2. The van der Waals surface area contributed by atoms with Crippen LogP contribution in [0.2, 0.25) is 0 Å². The van der Waals surface area contributed by atoms with Crippen LogP contribution in [0.5, 0.6) is 0 Å². The molecule has 0 aromatic heterocycles. The maximum absolute atomic E-state index is 11.8. The van der Waals surface area contributed by atoms with E-state index in [1.54, 1.807) is 0 Å². The fourth-order valence-electron chi connectivity index (χ4n) is 2.52. The van der Waals surface area contributed by atoms with Gasteiger partial charge in [0, 0.05) is 26.1 Å². The van der Waals surface area contributed by atoms with Gasteiger partial charge >= 0.3 is 12.0 Å². The number of carbonyl (C=O) groups excluding carboxylic acids is 1. The van der Waals surface area contributed by atoms with Crippen molar-refractivity contribution in [1.82, 2.24) is 10.2 Å². The second-order valence-electron chi connectivity index (χ2n) is 5.65. The quantitative estimate of drug-likeness (QED) is 0.746. The molecule has 1 aliphatic rings. The van der Waals surface area contributed by atoms with Crippen LogP contribution in [-0.2, 0) is 4.79 Å². The molecule has 19 heavy (non-hydrogen) atoms. The number of nitrogens with one attached hydrogen (secondary N) is 1. The van der Waals surface area contributed by atoms with Gasteiger partial charge in [-0.1, -0.05) is 13.8 Å². The van der Waals surface area contributed by atoms with Gasteiger partial charge in [0.2, 0.25) is 0 Å². The summed E-state index contributed by atoms with van der Waals surface area (Å²) in [5.74, 6) is 0.0600. The average molecular weight is 270 g/mol. The Balaban J connectivity index is 2.23. The lowest BCUT2D eigenvalue weighted by atomic mass is 9.88. The van der Waals surface area contributed by atoms with Crippen LogP contribution >= 0.6 is 0 Å². The number of hydrogen-bond acceptors (Lipinski definition) is 2. The molecule has 0 spiro atoms. The molecule has 1 atom stereocenters. The first-order chi connectivity index (χ1) is 9.00. The van der Waals surface area contributed by atoms with E-state index in [9.17, 15) is 9.59 Å². The molecule has 0 bridgehead atoms. The largest absolute Gasteiger partial charge is 0.481 e. The lowest BCUT2D eigenvalue weighted by molar-refractivity contribution is -0.137. The normalized spacial score (nSPS) is 16.7. The Bertz CT molecular complexity index is 299. The smallest absolute Gasteiger partial charge is 0.317 e. The number of urea groups is 1. The van der Waals surface area contributed by atoms with Crippen molar-refractivity contribution in [3.05, 3.63) is 0 Å². The number of carboxylic acids is 1. The van der Waals surface area contributed by atoms with Gasteiger partial charge in [-0.3, -0.25) is 4.79 Å². The van der Waals surface area contributed by atoms with Gasteiger partial charge in [0.25, 0.3) is 0 Å². The first kappa shape index (κ1) is 15.8. The summed E-state index contributed by atoms with van der Waals surface area (Å²) in [6, 6.07) is 0.0261. The number of aliphatic carboxylic acids is 1. The van der Waals surface area contributed by atoms with E-state index in [2.05, 4.69) is 19.2 Å². The second-order valence-corrected chi connectivity index (χ2v) is 5.65. The summed E-state index contributed by atoms with van der Waals surface area (Å²) in [6.45, 7) is 6.57. The first-order valence-electron chi connectivity index (χ1n) is 7.25. The molecule has 110 valence electrons. The van der Waals surface area contributed by atoms with Crippen LogP contribution in [0.4, 0.5) is 4.79 Å². The molecular formula is C14H26N2O3. The molecule has 1 heterocycles. The zero-order valence-electron chi connectivity index (χ0n) is 12.0. The van der Waals surface area contributed by atoms with E-state index in [0.717, 1.165) is 32.4 Å². The van der Waals surface area contributed by atoms with E-state index < -0.39 is 5.97 Å². The Morgan fingerprint density at radius 2 is 1.84 bits per heavy atom. The van der Waals surface area contributed by atoms with E-state index in [1.165, 1.54) is 0 Å². The van der Waals surface area contributed by atoms with Crippen molar-refractivity contribution in [2.75, 3.05) is 19.6 Å². The molecule has 1 unspecified atom stereocenters. The van der Waals surface area contributed by atoms with Crippen LogP contribution < -0.4 is 5.32 Å². The summed E-state index contributed by atoms with van der Waals surface area (Å²) in [4.78, 5) is 24.2. The predicted octanol–water partition coefficient (Wildman–Crippen LogP) is 2.32. The molecule has 0 radical (unpaired) electrons. The number of carboxylic acid groups (broad SMARTS) is 1. The number of rotatable bonds is 7. The van der Waals surface area contributed by atoms with Gasteiger partial charge in [0.15, 0.2) is 0 Å². The molecule has 5 heteroatoms. The zero-order valence-corrected chi connectivity index (χ0v) is 12.0. The maximum Gasteiger partial charge on any atom is 0.317 e. The molecule has 5 nitrogen and oxygen atoms in total. The SMILES string of the molecule is CC(C)C(CCNC(=O)N1CCCC1)CCC(=O)O. The van der Waals surface area contributed by atoms with Crippen LogP contribution in [0.25, 0.3) is 0 Å². The molecule has 2 N–H and O–H groups in total. The Morgan fingerprint density at radius 3 is 2.37 bits per heavy atom. The molecule has 0 aromatic rings. The van der Waals surface area contributed by atoms with Crippen molar-refractivity contribution in [1.29, 1.82) is 0 Å². The van der Waals surface area contributed by atoms with Crippen LogP contribution in [0.1, 0.15) is 46.0 Å². The molecule has 2 amide bonds. The Morgan fingerprint density at radius 1 is 1.21 bits per heavy atom. The lowest BCUT2D eigenvalue weighted by Gasteiger charge is -2.21. The lowest BCUT2D eigenvalue weighted by Crippen LogP contribution is -2.39. The highest BCUT2D eigenvalue weighted by Gasteiger charge is 2.19. The molecule has 1 saturated heterocycles. The third-order valence-electron chi connectivity index (χ3n) is 3.86. The Kier molecular flexibility index (Phi) is 6.67. The molecule has 1 fully saturated rings. The summed E-state index contributed by atoms with van der Waals surface area (Å²) in [7, 11) is 0. The van der Waals surface area contributed by atoms with Gasteiger partial charge in [-0.05, 0) is 37.5 Å². The molecule has 0 aromatic carbocycles. The minimum atomic E-state index is -0.744. The van der Waals surface area contributed by atoms with Crippen molar-refractivity contribution < 1.29 is 14.7 Å². The minimum Gasteiger partial charge on any atom is -0.481 e. The Hall–Kier alpha value is -1.26. The Labute approximate surface area is 115 Å². The van der Waals surface area contributed by atoms with Gasteiger partial charge in [-0.25, -0.2) is 4.79 Å². The maximum atomic E-state index is 11.8. The molecule has 0 aliphatic carbocycles. The van der Waals surface area contributed by atoms with Gasteiger partial charge in [0.05, 0.1) is 0 Å². The zero-order chi connectivity index (χ0) is 14.3. The summed E-state index contributed by atoms with van der Waals surface area (Å²) in [5.41, 5.74) is 0. The van der Waals surface area contributed by atoms with Crippen molar-refractivity contribution in [3.8, 4) is 0 Å². The first-order valence-corrected chi connectivity index (χ1v) is 7.25. The van der Waals surface area contributed by atoms with Gasteiger partial charge in [-0.2, -0.15) is 0 Å². The molecular weight excluding hydrogens is 244 g/mol. The predicted molar refractivity (Wildman–Crippen MR) is 74.0 cm³/mol. The summed E-state index contributed by atoms with van der Waals surface area (Å²) >= 11 is 0. The summed E-state index contributed by atoms with van der Waals surface area (Å²) < 4.78 is 0. The second kappa shape index (κ2) is 8.02. The van der Waals surface area contributed by atoms with Gasteiger partial charge in [-0.15, -0.1) is 0 Å². The molecule has 1 aliphatic heterocycles. The summed E-state index contributed by atoms with van der Waals surface area (Å²) in [6.07, 6.45) is 3.95. The van der Waals surface area contributed by atoms with Crippen molar-refractivity contribution in [3.63, 3.8) is 0 Å². The van der Waals surface area contributed by atoms with Crippen molar-refractivity contribution in [2.24, 2.45) is 11.8 Å². The van der Waals surface area contributed by atoms with Crippen LogP contribution in [0, 0.1) is 11.8 Å². The molecule has 0 saturated carbocycles. The third-order valence-corrected chi connectivity index (χ3v) is 3.86. The number of likely N-dealkylation sites (tertiary alicyclic amines) is 1. The average Bonchev–Trinajstić information content (AvgIpc) is 2.86. The van der Waals surface area contributed by atoms with Gasteiger partial charge < -0.3 is 15.3 Å². The van der Waals surface area contributed by atoms with E-state index in [4.69, 9.17) is 5.11 Å². The van der Waals surface area contributed by atoms with Crippen molar-refractivity contribution in [2.45, 2.75) is 46.0 Å². The van der Waals surface area contributed by atoms with E-state index in [-0.39, 0.29) is 12.5 Å². The summed E-state index contributed by atoms with van der Waals surface area (Å²) in [5, 5.41) is 11.7. The third kappa shape index (κ3) is 5.94. The monoisotopic (exact) mass is 270 g/mol. The fraction of sp³-hybridized carbons (Fsp3) is 0.857. The van der Waals surface area contributed by atoms with Crippen molar-refractivity contribution >= 4 is 12.0 Å². The van der Waals surface area contributed by atoms with E-state index >= 15 is 0 Å². The van der Waals surface area contributed by atoms with Crippen LogP contribution in [0.15, 0.2) is 0 Å². The molecule has 1 rings (SSSR count). The van der Waals surface area contributed by atoms with E-state index in [0.29, 0.717) is 24.8 Å². The van der Waals surface area contributed by atoms with Crippen LogP contribution in [0.3, 0.4) is 0 Å². The number of carbonyl (C=O) groups is 2. The van der Waals surface area contributed by atoms with Gasteiger partial charge in [0.1, 0.15) is 0 Å². The minimum absolute atomic E-state index is 0.0261. The topological polar surface area (TPSA) is 69.6 Å². The fourth-order valence-corrected chi connectivity index (χ4v) is 2.52. The highest BCUT2D eigenvalue weighted by molar-refractivity contribution is 5.74. The highest BCUT2D eigenvalue weighted by Crippen LogP contribution is 2.20. The standard InChI is InChI=1S/C14H26N2O3/c1-11(2)12(5-6-13(17)18)7-8-15-14(19)16-9-3-4-10-16/h11-12H,3-10H2,1-2H3,(H,15,19)(H,17,18).